The van der Waals surface area contributed by atoms with Gasteiger partial charge < -0.3 is 10.4 Å². The molecule has 0 aliphatic rings. The Kier molecular flexibility index (Phi) is 4.22. The molecular formula is C13H8Cl2N2O3. The van der Waals surface area contributed by atoms with Crippen LogP contribution in [0.2, 0.25) is 10.0 Å². The molecule has 1 aromatic carbocycles. The summed E-state index contributed by atoms with van der Waals surface area (Å²) in [7, 11) is 0. The van der Waals surface area contributed by atoms with Crippen molar-refractivity contribution in [2.75, 3.05) is 5.32 Å². The number of aromatic nitrogens is 1. The van der Waals surface area contributed by atoms with Gasteiger partial charge in [-0.3, -0.25) is 9.78 Å². The summed E-state index contributed by atoms with van der Waals surface area (Å²) in [5, 5.41) is 11.7. The van der Waals surface area contributed by atoms with E-state index in [1.165, 1.54) is 24.5 Å². The zero-order valence-corrected chi connectivity index (χ0v) is 11.4. The summed E-state index contributed by atoms with van der Waals surface area (Å²) < 4.78 is 0. The molecular weight excluding hydrogens is 303 g/mol. The molecule has 0 aliphatic carbocycles. The van der Waals surface area contributed by atoms with Crippen LogP contribution in [0.1, 0.15) is 20.7 Å². The Morgan fingerprint density at radius 2 is 1.85 bits per heavy atom. The van der Waals surface area contributed by atoms with E-state index in [1.54, 1.807) is 12.1 Å². The van der Waals surface area contributed by atoms with Crippen molar-refractivity contribution < 1.29 is 14.7 Å². The summed E-state index contributed by atoms with van der Waals surface area (Å²) in [5.41, 5.74) is -0.0168. The van der Waals surface area contributed by atoms with Gasteiger partial charge in [0.2, 0.25) is 0 Å². The fourth-order valence-electron chi connectivity index (χ4n) is 1.57. The predicted molar refractivity (Wildman–Crippen MR) is 75.6 cm³/mol. The predicted octanol–water partition coefficient (Wildman–Crippen LogP) is 3.34. The zero-order chi connectivity index (χ0) is 14.7. The largest absolute Gasteiger partial charge is 0.478 e. The normalized spacial score (nSPS) is 10.1. The monoisotopic (exact) mass is 310 g/mol. The highest BCUT2D eigenvalue weighted by Crippen LogP contribution is 2.32. The van der Waals surface area contributed by atoms with Crippen molar-refractivity contribution in [2.45, 2.75) is 0 Å². The van der Waals surface area contributed by atoms with E-state index in [0.717, 1.165) is 0 Å². The second-order valence-electron chi connectivity index (χ2n) is 3.78. The van der Waals surface area contributed by atoms with Gasteiger partial charge in [0.15, 0.2) is 0 Å². The number of nitrogens with one attached hydrogen (secondary N) is 1. The summed E-state index contributed by atoms with van der Waals surface area (Å²) in [4.78, 5) is 27.0. The van der Waals surface area contributed by atoms with E-state index in [9.17, 15) is 9.59 Å². The lowest BCUT2D eigenvalue weighted by Crippen LogP contribution is -2.15. The van der Waals surface area contributed by atoms with E-state index >= 15 is 0 Å². The fraction of sp³-hybridized carbons (Fsp3) is 0. The van der Waals surface area contributed by atoms with Crippen LogP contribution in [0.3, 0.4) is 0 Å². The standard InChI is InChI=1S/C13H8Cl2N2O3/c14-8-3-4-9(15)11(10(8)13(19)20)17-12(18)7-2-1-5-16-6-7/h1-6H,(H,17,18)(H,19,20). The van der Waals surface area contributed by atoms with Crippen LogP contribution in [0.25, 0.3) is 0 Å². The van der Waals surface area contributed by atoms with Crippen LogP contribution in [0, 0.1) is 0 Å². The minimum absolute atomic E-state index is 0.0108. The van der Waals surface area contributed by atoms with Crippen LogP contribution in [0.4, 0.5) is 5.69 Å². The van der Waals surface area contributed by atoms with Gasteiger partial charge >= 0.3 is 5.97 Å². The number of hydrogen-bond acceptors (Lipinski definition) is 3. The number of rotatable bonds is 3. The minimum atomic E-state index is -1.28. The lowest BCUT2D eigenvalue weighted by molar-refractivity contribution is 0.0698. The van der Waals surface area contributed by atoms with Gasteiger partial charge in [0, 0.05) is 12.4 Å². The smallest absolute Gasteiger partial charge is 0.339 e. The molecule has 0 saturated heterocycles. The molecule has 0 atom stereocenters. The van der Waals surface area contributed by atoms with Crippen LogP contribution < -0.4 is 5.32 Å². The first-order valence-electron chi connectivity index (χ1n) is 5.43. The number of carboxylic acids is 1. The third-order valence-corrected chi connectivity index (χ3v) is 3.11. The number of hydrogen-bond donors (Lipinski definition) is 2. The molecule has 0 saturated carbocycles. The lowest BCUT2D eigenvalue weighted by Gasteiger charge is -2.11. The highest BCUT2D eigenvalue weighted by Gasteiger charge is 2.20. The van der Waals surface area contributed by atoms with Gasteiger partial charge in [-0.25, -0.2) is 4.79 Å². The SMILES string of the molecule is O=C(Nc1c(Cl)ccc(Cl)c1C(=O)O)c1cccnc1. The van der Waals surface area contributed by atoms with Crippen LogP contribution in [-0.2, 0) is 0 Å². The Hall–Kier alpha value is -2.11. The number of aromatic carboxylic acids is 1. The molecule has 0 unspecified atom stereocenters. The Morgan fingerprint density at radius 3 is 2.45 bits per heavy atom. The number of amides is 1. The molecule has 7 heteroatoms. The minimum Gasteiger partial charge on any atom is -0.478 e. The molecule has 2 aromatic rings. The highest BCUT2D eigenvalue weighted by molar-refractivity contribution is 6.38. The molecule has 2 N–H and O–H groups in total. The highest BCUT2D eigenvalue weighted by atomic mass is 35.5. The Labute approximate surface area is 124 Å². The van der Waals surface area contributed by atoms with Gasteiger partial charge in [0.05, 0.1) is 21.3 Å². The maximum Gasteiger partial charge on any atom is 0.339 e. The maximum atomic E-state index is 12.0. The van der Waals surface area contributed by atoms with Crippen molar-refractivity contribution in [1.29, 1.82) is 0 Å². The van der Waals surface area contributed by atoms with Crippen LogP contribution in [0.15, 0.2) is 36.7 Å². The van der Waals surface area contributed by atoms with Crippen LogP contribution in [-0.4, -0.2) is 22.0 Å². The first-order valence-corrected chi connectivity index (χ1v) is 6.19. The number of anilines is 1. The Morgan fingerprint density at radius 1 is 1.15 bits per heavy atom. The number of halogens is 2. The van der Waals surface area contributed by atoms with Gasteiger partial charge in [0.1, 0.15) is 5.56 Å². The molecule has 0 bridgehead atoms. The van der Waals surface area contributed by atoms with Gasteiger partial charge in [0.25, 0.3) is 5.91 Å². The van der Waals surface area contributed by atoms with E-state index in [2.05, 4.69) is 10.3 Å². The molecule has 0 spiro atoms. The molecule has 1 aromatic heterocycles. The summed E-state index contributed by atoms with van der Waals surface area (Å²) in [6.45, 7) is 0. The molecule has 5 nitrogen and oxygen atoms in total. The molecule has 0 aliphatic heterocycles. The Balaban J connectivity index is 2.41. The molecule has 2 rings (SSSR count). The molecule has 0 radical (unpaired) electrons. The Bertz CT molecular complexity index is 675. The van der Waals surface area contributed by atoms with Crippen molar-refractivity contribution >= 4 is 40.8 Å². The average molecular weight is 311 g/mol. The number of carbonyl (C=O) groups is 2. The fourth-order valence-corrected chi connectivity index (χ4v) is 2.01. The summed E-state index contributed by atoms with van der Waals surface area (Å²) in [6, 6.07) is 5.90. The first kappa shape index (κ1) is 14.3. The van der Waals surface area contributed by atoms with Crippen LogP contribution >= 0.6 is 23.2 Å². The molecule has 1 amide bonds. The second-order valence-corrected chi connectivity index (χ2v) is 4.59. The lowest BCUT2D eigenvalue weighted by atomic mass is 10.1. The second kappa shape index (κ2) is 5.90. The number of carbonyl (C=O) groups excluding carboxylic acids is 1. The third-order valence-electron chi connectivity index (χ3n) is 2.48. The molecule has 0 fully saturated rings. The quantitative estimate of drug-likeness (QED) is 0.911. The van der Waals surface area contributed by atoms with Gasteiger partial charge in [-0.05, 0) is 24.3 Å². The molecule has 1 heterocycles. The number of carboxylic acid groups (broad SMARTS) is 1. The molecule has 20 heavy (non-hydrogen) atoms. The van der Waals surface area contributed by atoms with Crippen LogP contribution in [0.5, 0.6) is 0 Å². The molecule has 102 valence electrons. The summed E-state index contributed by atoms with van der Waals surface area (Å²) in [6.07, 6.45) is 2.88. The topological polar surface area (TPSA) is 79.3 Å². The van der Waals surface area contributed by atoms with Crippen molar-refractivity contribution in [3.8, 4) is 0 Å². The van der Waals surface area contributed by atoms with Gasteiger partial charge in [-0.1, -0.05) is 23.2 Å². The third kappa shape index (κ3) is 2.89. The van der Waals surface area contributed by atoms with Crippen molar-refractivity contribution in [3.63, 3.8) is 0 Å². The van der Waals surface area contributed by atoms with E-state index < -0.39 is 11.9 Å². The average Bonchev–Trinajstić information content (AvgIpc) is 2.43. The van der Waals surface area contributed by atoms with E-state index in [-0.39, 0.29) is 26.9 Å². The van der Waals surface area contributed by atoms with E-state index in [4.69, 9.17) is 28.3 Å². The summed E-state index contributed by atoms with van der Waals surface area (Å²) >= 11 is 11.7. The van der Waals surface area contributed by atoms with E-state index in [1.807, 2.05) is 0 Å². The number of pyridine rings is 1. The first-order chi connectivity index (χ1) is 9.50. The number of nitrogens with zero attached hydrogens (tertiary/aromatic N) is 1. The van der Waals surface area contributed by atoms with Crippen molar-refractivity contribution in [3.05, 3.63) is 57.8 Å². The van der Waals surface area contributed by atoms with Gasteiger partial charge in [-0.15, -0.1) is 0 Å². The van der Waals surface area contributed by atoms with Gasteiger partial charge in [-0.2, -0.15) is 0 Å². The van der Waals surface area contributed by atoms with E-state index in [0.29, 0.717) is 0 Å². The zero-order valence-electron chi connectivity index (χ0n) is 9.93. The summed E-state index contributed by atoms with van der Waals surface area (Å²) in [5.74, 6) is -1.80. The number of benzene rings is 1. The van der Waals surface area contributed by atoms with Crippen molar-refractivity contribution in [1.82, 2.24) is 4.98 Å². The van der Waals surface area contributed by atoms with Crippen molar-refractivity contribution in [2.24, 2.45) is 0 Å². The maximum absolute atomic E-state index is 12.0.